The molecular weight excluding hydrogens is 323 g/mol. The van der Waals surface area contributed by atoms with Crippen LogP contribution in [0.2, 0.25) is 0 Å². The third-order valence-electron chi connectivity index (χ3n) is 2.97. The number of halogens is 1. The molecule has 0 saturated carbocycles. The Morgan fingerprint density at radius 3 is 2.91 bits per heavy atom. The van der Waals surface area contributed by atoms with E-state index in [2.05, 4.69) is 10.3 Å². The number of aliphatic carboxylic acids is 1. The molecule has 0 fully saturated rings. The average Bonchev–Trinajstić information content (AvgIpc) is 2.95. The van der Waals surface area contributed by atoms with Gasteiger partial charge in [-0.05, 0) is 17.7 Å². The molecule has 1 aromatic carbocycles. The van der Waals surface area contributed by atoms with Crippen LogP contribution < -0.4 is 5.32 Å². The summed E-state index contributed by atoms with van der Waals surface area (Å²) >= 11 is 1.25. The Hall–Kier alpha value is -2.32. The summed E-state index contributed by atoms with van der Waals surface area (Å²) in [6, 6.07) is 4.99. The molecule has 2 N–H and O–H groups in total. The highest BCUT2D eigenvalue weighted by atomic mass is 32.1. The van der Waals surface area contributed by atoms with Crippen LogP contribution in [-0.4, -0.2) is 41.7 Å². The average molecular weight is 338 g/mol. The number of carboxylic acid groups (broad SMARTS) is 1. The topological polar surface area (TPSA) is 88.5 Å². The molecule has 8 heteroatoms. The summed E-state index contributed by atoms with van der Waals surface area (Å²) in [5.74, 6) is -2.10. The fraction of sp³-hybridized carbons (Fsp3) is 0.267. The molecule has 1 atom stereocenters. The highest BCUT2D eigenvalue weighted by Gasteiger charge is 2.21. The molecule has 1 aromatic heterocycles. The first-order valence-electron chi connectivity index (χ1n) is 6.71. The van der Waals surface area contributed by atoms with Gasteiger partial charge < -0.3 is 15.2 Å². The summed E-state index contributed by atoms with van der Waals surface area (Å²) in [6.45, 7) is -0.138. The molecule has 0 aliphatic carbocycles. The normalized spacial score (nSPS) is 11.9. The van der Waals surface area contributed by atoms with Gasteiger partial charge in [-0.1, -0.05) is 12.1 Å². The molecule has 1 amide bonds. The first-order chi connectivity index (χ1) is 11.0. The van der Waals surface area contributed by atoms with Crippen molar-refractivity contribution in [1.29, 1.82) is 0 Å². The van der Waals surface area contributed by atoms with Gasteiger partial charge in [-0.3, -0.25) is 4.79 Å². The zero-order chi connectivity index (χ0) is 16.8. The maximum atomic E-state index is 13.1. The lowest BCUT2D eigenvalue weighted by Crippen LogP contribution is -2.43. The van der Waals surface area contributed by atoms with Gasteiger partial charge in [0.15, 0.2) is 6.04 Å². The number of thiazole rings is 1. The molecular formula is C15H15FN2O4S. The van der Waals surface area contributed by atoms with Gasteiger partial charge in [-0.2, -0.15) is 0 Å². The van der Waals surface area contributed by atoms with Gasteiger partial charge in [0.25, 0.3) is 5.91 Å². The van der Waals surface area contributed by atoms with Crippen molar-refractivity contribution in [2.24, 2.45) is 0 Å². The minimum Gasteiger partial charge on any atom is -0.480 e. The molecule has 0 saturated heterocycles. The van der Waals surface area contributed by atoms with E-state index >= 15 is 0 Å². The number of amides is 1. The van der Waals surface area contributed by atoms with Crippen molar-refractivity contribution in [3.63, 3.8) is 0 Å². The number of nitrogens with zero attached hydrogens (tertiary/aromatic N) is 1. The molecule has 0 spiro atoms. The van der Waals surface area contributed by atoms with E-state index in [9.17, 15) is 14.0 Å². The molecule has 2 aromatic rings. The van der Waals surface area contributed by atoms with E-state index in [4.69, 9.17) is 9.84 Å². The van der Waals surface area contributed by atoms with Gasteiger partial charge in [0.1, 0.15) is 11.5 Å². The first-order valence-corrected chi connectivity index (χ1v) is 7.59. The predicted molar refractivity (Wildman–Crippen MR) is 82.1 cm³/mol. The summed E-state index contributed by atoms with van der Waals surface area (Å²) in [7, 11) is 1.35. The van der Waals surface area contributed by atoms with Crippen molar-refractivity contribution in [2.75, 3.05) is 13.7 Å². The molecule has 2 rings (SSSR count). The summed E-state index contributed by atoms with van der Waals surface area (Å²) in [5, 5.41) is 13.5. The van der Waals surface area contributed by atoms with Gasteiger partial charge in [0.05, 0.1) is 11.6 Å². The lowest BCUT2D eigenvalue weighted by atomic mass is 10.1. The molecule has 6 nitrogen and oxygen atoms in total. The van der Waals surface area contributed by atoms with E-state index in [0.29, 0.717) is 11.4 Å². The van der Waals surface area contributed by atoms with Gasteiger partial charge >= 0.3 is 5.97 Å². The second-order valence-corrected chi connectivity index (χ2v) is 5.70. The highest BCUT2D eigenvalue weighted by molar-refractivity contribution is 7.09. The zero-order valence-electron chi connectivity index (χ0n) is 12.3. The summed E-state index contributed by atoms with van der Waals surface area (Å²) in [5.41, 5.74) is 0.873. The Labute approximate surface area is 135 Å². The van der Waals surface area contributed by atoms with Gasteiger partial charge in [0.2, 0.25) is 0 Å². The predicted octanol–water partition coefficient (Wildman–Crippen LogP) is 1.70. The monoisotopic (exact) mass is 338 g/mol. The lowest BCUT2D eigenvalue weighted by Gasteiger charge is -2.12. The molecule has 0 bridgehead atoms. The maximum Gasteiger partial charge on any atom is 0.328 e. The molecule has 122 valence electrons. The lowest BCUT2D eigenvalue weighted by molar-refractivity contribution is -0.140. The number of hydrogen-bond acceptors (Lipinski definition) is 5. The largest absolute Gasteiger partial charge is 0.480 e. The highest BCUT2D eigenvalue weighted by Crippen LogP contribution is 2.15. The van der Waals surface area contributed by atoms with E-state index in [1.807, 2.05) is 0 Å². The molecule has 0 radical (unpaired) electrons. The van der Waals surface area contributed by atoms with Crippen molar-refractivity contribution in [3.8, 4) is 0 Å². The number of ether oxygens (including phenoxy) is 1. The van der Waals surface area contributed by atoms with Crippen LogP contribution in [0.5, 0.6) is 0 Å². The molecule has 23 heavy (non-hydrogen) atoms. The summed E-state index contributed by atoms with van der Waals surface area (Å²) < 4.78 is 17.9. The number of methoxy groups -OCH3 is 1. The Bertz CT molecular complexity index is 704. The molecule has 0 aliphatic rings. The third-order valence-corrected chi connectivity index (χ3v) is 3.81. The van der Waals surface area contributed by atoms with Crippen molar-refractivity contribution in [1.82, 2.24) is 10.3 Å². The standard InChI is InChI=1S/C15H15FN2O4S/c1-22-7-11(15(20)21)18-14(19)12-8-23-13(17-12)6-9-3-2-4-10(16)5-9/h2-5,8,11H,6-7H2,1H3,(H,18,19)(H,20,21). The Morgan fingerprint density at radius 1 is 1.48 bits per heavy atom. The molecule has 0 aliphatic heterocycles. The summed E-state index contributed by atoms with van der Waals surface area (Å²) in [4.78, 5) is 27.2. The Morgan fingerprint density at radius 2 is 2.26 bits per heavy atom. The maximum absolute atomic E-state index is 13.1. The van der Waals surface area contributed by atoms with Crippen LogP contribution in [0.3, 0.4) is 0 Å². The Kier molecular flexibility index (Phi) is 5.78. The van der Waals surface area contributed by atoms with Crippen molar-refractivity contribution < 1.29 is 23.8 Å². The minimum absolute atomic E-state index is 0.128. The van der Waals surface area contributed by atoms with Crippen LogP contribution in [0, 0.1) is 5.82 Å². The van der Waals surface area contributed by atoms with E-state index in [1.54, 1.807) is 12.1 Å². The van der Waals surface area contributed by atoms with Crippen LogP contribution in [0.4, 0.5) is 4.39 Å². The van der Waals surface area contributed by atoms with E-state index in [1.165, 1.54) is 36.0 Å². The van der Waals surface area contributed by atoms with Crippen LogP contribution in [-0.2, 0) is 16.0 Å². The number of carbonyl (C=O) groups excluding carboxylic acids is 1. The number of benzene rings is 1. The van der Waals surface area contributed by atoms with Gasteiger partial charge in [-0.25, -0.2) is 14.2 Å². The van der Waals surface area contributed by atoms with Crippen molar-refractivity contribution in [3.05, 3.63) is 51.7 Å². The second kappa shape index (κ2) is 7.80. The van der Waals surface area contributed by atoms with Crippen LogP contribution >= 0.6 is 11.3 Å². The summed E-state index contributed by atoms with van der Waals surface area (Å²) in [6.07, 6.45) is 0.399. The van der Waals surface area contributed by atoms with Crippen LogP contribution in [0.25, 0.3) is 0 Å². The zero-order valence-corrected chi connectivity index (χ0v) is 13.1. The van der Waals surface area contributed by atoms with Gasteiger partial charge in [0, 0.05) is 18.9 Å². The SMILES string of the molecule is COCC(NC(=O)c1csc(Cc2cccc(F)c2)n1)C(=O)O. The smallest absolute Gasteiger partial charge is 0.328 e. The van der Waals surface area contributed by atoms with E-state index in [0.717, 1.165) is 5.56 Å². The quantitative estimate of drug-likeness (QED) is 0.802. The second-order valence-electron chi connectivity index (χ2n) is 4.75. The number of rotatable bonds is 7. The van der Waals surface area contributed by atoms with E-state index < -0.39 is 17.9 Å². The van der Waals surface area contributed by atoms with Crippen LogP contribution in [0.15, 0.2) is 29.6 Å². The fourth-order valence-electron chi connectivity index (χ4n) is 1.89. The number of hydrogen-bond donors (Lipinski definition) is 2. The minimum atomic E-state index is -1.18. The van der Waals surface area contributed by atoms with Gasteiger partial charge in [-0.15, -0.1) is 11.3 Å². The molecule has 1 heterocycles. The third kappa shape index (κ3) is 4.83. The number of aromatic nitrogens is 1. The first kappa shape index (κ1) is 17.0. The Balaban J connectivity index is 2.03. The van der Waals surface area contributed by atoms with Crippen molar-refractivity contribution in [2.45, 2.75) is 12.5 Å². The van der Waals surface area contributed by atoms with Crippen molar-refractivity contribution >= 4 is 23.2 Å². The fourth-order valence-corrected chi connectivity index (χ4v) is 2.70. The van der Waals surface area contributed by atoms with E-state index in [-0.39, 0.29) is 18.1 Å². The number of carbonyl (C=O) groups is 2. The number of nitrogens with one attached hydrogen (secondary N) is 1. The van der Waals surface area contributed by atoms with Crippen LogP contribution in [0.1, 0.15) is 21.1 Å². The number of carboxylic acids is 1. The molecule has 1 unspecified atom stereocenters.